The predicted molar refractivity (Wildman–Crippen MR) is 106 cm³/mol. The van der Waals surface area contributed by atoms with Crippen LogP contribution in [-0.4, -0.2) is 34.8 Å². The molecule has 1 N–H and O–H groups in total. The maximum absolute atomic E-state index is 12.8. The second-order valence-corrected chi connectivity index (χ2v) is 6.75. The van der Waals surface area contributed by atoms with Gasteiger partial charge in [-0.3, -0.25) is 9.89 Å². The molecule has 0 saturated carbocycles. The van der Waals surface area contributed by atoms with Crippen molar-refractivity contribution in [2.24, 2.45) is 0 Å². The minimum Gasteiger partial charge on any atom is -0.491 e. The van der Waals surface area contributed by atoms with Gasteiger partial charge in [-0.2, -0.15) is 5.10 Å². The third-order valence-corrected chi connectivity index (χ3v) is 4.81. The summed E-state index contributed by atoms with van der Waals surface area (Å²) in [6.07, 6.45) is 6.06. The second kappa shape index (κ2) is 7.34. The van der Waals surface area contributed by atoms with E-state index in [1.165, 1.54) is 0 Å². The van der Waals surface area contributed by atoms with Crippen LogP contribution in [0.4, 0.5) is 5.69 Å². The molecule has 1 aliphatic heterocycles. The van der Waals surface area contributed by atoms with Gasteiger partial charge in [0, 0.05) is 23.5 Å². The molecule has 4 rings (SSSR count). The number of hydrogen-bond donors (Lipinski definition) is 1. The van der Waals surface area contributed by atoms with Gasteiger partial charge < -0.3 is 14.4 Å². The molecule has 0 atom stereocenters. The van der Waals surface area contributed by atoms with Crippen molar-refractivity contribution in [2.75, 3.05) is 18.6 Å². The van der Waals surface area contributed by atoms with Crippen LogP contribution in [-0.2, 0) is 6.54 Å². The van der Waals surface area contributed by atoms with E-state index in [1.807, 2.05) is 32.0 Å². The Balaban J connectivity index is 1.69. The summed E-state index contributed by atoms with van der Waals surface area (Å²) in [4.78, 5) is 19.0. The number of aromatic amines is 1. The van der Waals surface area contributed by atoms with Crippen LogP contribution < -0.4 is 14.4 Å². The number of nitrogens with zero attached hydrogens (tertiary/aromatic N) is 3. The summed E-state index contributed by atoms with van der Waals surface area (Å²) in [7, 11) is 1.61. The highest BCUT2D eigenvalue weighted by molar-refractivity contribution is 6.11. The molecular formula is C21H22N4O3. The lowest BCUT2D eigenvalue weighted by molar-refractivity contribution is 0.0996. The number of ether oxygens (including phenoxy) is 2. The highest BCUT2D eigenvalue weighted by Gasteiger charge is 2.31. The number of anilines is 1. The van der Waals surface area contributed by atoms with Gasteiger partial charge in [-0.1, -0.05) is 13.0 Å². The Bertz CT molecular complexity index is 1010. The van der Waals surface area contributed by atoms with Gasteiger partial charge in [-0.05, 0) is 42.2 Å². The first-order valence-electron chi connectivity index (χ1n) is 9.23. The number of benzene rings is 1. The number of nitrogens with one attached hydrogen (secondary N) is 1. The van der Waals surface area contributed by atoms with Crippen molar-refractivity contribution in [2.45, 2.75) is 26.8 Å². The first-order chi connectivity index (χ1) is 13.6. The Hall–Kier alpha value is -3.35. The molecule has 3 aromatic rings. The molecule has 7 heteroatoms. The highest BCUT2D eigenvalue weighted by atomic mass is 16.5. The number of rotatable bonds is 6. The zero-order chi connectivity index (χ0) is 19.7. The van der Waals surface area contributed by atoms with E-state index in [2.05, 4.69) is 15.2 Å². The smallest absolute Gasteiger partial charge is 0.259 e. The van der Waals surface area contributed by atoms with Crippen molar-refractivity contribution < 1.29 is 14.3 Å². The number of H-pyrrole nitrogens is 1. The standard InChI is InChI=1S/C21H22N4O3/c1-4-5-28-20-18(27-3)8-15(9-22-20)14-6-13(2)19-16(7-14)12-25(21(19)26)17-10-23-24-11-17/h6-11H,4-5,12H2,1-3H3,(H,23,24). The Morgan fingerprint density at radius 3 is 2.79 bits per heavy atom. The van der Waals surface area contributed by atoms with Crippen LogP contribution in [0.5, 0.6) is 11.6 Å². The molecule has 3 heterocycles. The fourth-order valence-corrected chi connectivity index (χ4v) is 3.48. The Morgan fingerprint density at radius 1 is 1.21 bits per heavy atom. The van der Waals surface area contributed by atoms with E-state index >= 15 is 0 Å². The lowest BCUT2D eigenvalue weighted by Crippen LogP contribution is -2.22. The molecule has 0 fully saturated rings. The number of pyridine rings is 1. The summed E-state index contributed by atoms with van der Waals surface area (Å²) < 4.78 is 11.1. The molecule has 28 heavy (non-hydrogen) atoms. The maximum atomic E-state index is 12.8. The predicted octanol–water partition coefficient (Wildman–Crippen LogP) is 3.74. The summed E-state index contributed by atoms with van der Waals surface area (Å²) in [5.41, 5.74) is 5.36. The molecule has 0 radical (unpaired) electrons. The van der Waals surface area contributed by atoms with E-state index in [0.717, 1.165) is 39.9 Å². The van der Waals surface area contributed by atoms with Gasteiger partial charge in [-0.15, -0.1) is 0 Å². The summed E-state index contributed by atoms with van der Waals surface area (Å²) in [5, 5.41) is 6.71. The molecule has 1 amide bonds. The third-order valence-electron chi connectivity index (χ3n) is 4.81. The van der Waals surface area contributed by atoms with Gasteiger partial charge >= 0.3 is 0 Å². The molecule has 7 nitrogen and oxygen atoms in total. The van der Waals surface area contributed by atoms with Crippen LogP contribution in [0.2, 0.25) is 0 Å². The fraction of sp³-hybridized carbons (Fsp3) is 0.286. The lowest BCUT2D eigenvalue weighted by Gasteiger charge is -2.12. The first kappa shape index (κ1) is 18.0. The number of aryl methyl sites for hydroxylation is 1. The van der Waals surface area contributed by atoms with Crippen LogP contribution in [0.15, 0.2) is 36.8 Å². The van der Waals surface area contributed by atoms with Gasteiger partial charge in [0.1, 0.15) is 0 Å². The van der Waals surface area contributed by atoms with Crippen molar-refractivity contribution in [1.82, 2.24) is 15.2 Å². The summed E-state index contributed by atoms with van der Waals surface area (Å²) in [5.74, 6) is 1.09. The van der Waals surface area contributed by atoms with Crippen LogP contribution in [0, 0.1) is 6.92 Å². The zero-order valence-corrected chi connectivity index (χ0v) is 16.2. The molecule has 1 aliphatic rings. The topological polar surface area (TPSA) is 80.3 Å². The van der Waals surface area contributed by atoms with Crippen molar-refractivity contribution in [3.8, 4) is 22.8 Å². The summed E-state index contributed by atoms with van der Waals surface area (Å²) >= 11 is 0. The van der Waals surface area contributed by atoms with E-state index in [9.17, 15) is 4.79 Å². The zero-order valence-electron chi connectivity index (χ0n) is 16.2. The van der Waals surface area contributed by atoms with Crippen LogP contribution in [0.25, 0.3) is 11.1 Å². The van der Waals surface area contributed by atoms with Crippen LogP contribution in [0.1, 0.15) is 34.8 Å². The van der Waals surface area contributed by atoms with Gasteiger partial charge in [0.05, 0.1) is 32.1 Å². The first-order valence-corrected chi connectivity index (χ1v) is 9.23. The maximum Gasteiger partial charge on any atom is 0.259 e. The van der Waals surface area contributed by atoms with E-state index in [4.69, 9.17) is 9.47 Å². The van der Waals surface area contributed by atoms with Crippen molar-refractivity contribution in [3.63, 3.8) is 0 Å². The van der Waals surface area contributed by atoms with E-state index in [0.29, 0.717) is 24.8 Å². The average molecular weight is 378 g/mol. The molecular weight excluding hydrogens is 356 g/mol. The average Bonchev–Trinajstić information content (AvgIpc) is 3.34. The summed E-state index contributed by atoms with van der Waals surface area (Å²) in [6, 6.07) is 5.98. The van der Waals surface area contributed by atoms with E-state index in [-0.39, 0.29) is 5.91 Å². The number of aromatic nitrogens is 3. The molecule has 1 aromatic carbocycles. The van der Waals surface area contributed by atoms with Gasteiger partial charge in [-0.25, -0.2) is 4.98 Å². The molecule has 0 spiro atoms. The van der Waals surface area contributed by atoms with Gasteiger partial charge in [0.25, 0.3) is 11.8 Å². The number of methoxy groups -OCH3 is 1. The van der Waals surface area contributed by atoms with Crippen LogP contribution >= 0.6 is 0 Å². The highest BCUT2D eigenvalue weighted by Crippen LogP contribution is 2.35. The minimum absolute atomic E-state index is 0.000492. The Kier molecular flexibility index (Phi) is 4.73. The molecule has 0 saturated heterocycles. The number of hydrogen-bond acceptors (Lipinski definition) is 5. The van der Waals surface area contributed by atoms with Crippen LogP contribution in [0.3, 0.4) is 0 Å². The van der Waals surface area contributed by atoms with Crippen molar-refractivity contribution in [3.05, 3.63) is 53.5 Å². The summed E-state index contributed by atoms with van der Waals surface area (Å²) in [6.45, 7) is 5.11. The third kappa shape index (κ3) is 3.09. The van der Waals surface area contributed by atoms with Gasteiger partial charge in [0.2, 0.25) is 0 Å². The monoisotopic (exact) mass is 378 g/mol. The number of fused-ring (bicyclic) bond motifs is 1. The fourth-order valence-electron chi connectivity index (χ4n) is 3.48. The molecule has 0 unspecified atom stereocenters. The van der Waals surface area contributed by atoms with E-state index < -0.39 is 0 Å². The molecule has 144 valence electrons. The van der Waals surface area contributed by atoms with Crippen molar-refractivity contribution in [1.29, 1.82) is 0 Å². The number of carbonyl (C=O) groups excluding carboxylic acids is 1. The molecule has 0 bridgehead atoms. The Labute approximate surface area is 163 Å². The van der Waals surface area contributed by atoms with Crippen molar-refractivity contribution >= 4 is 11.6 Å². The second-order valence-electron chi connectivity index (χ2n) is 6.75. The normalized spacial score (nSPS) is 13.0. The minimum atomic E-state index is -0.000492. The molecule has 2 aromatic heterocycles. The van der Waals surface area contributed by atoms with E-state index in [1.54, 1.807) is 30.6 Å². The largest absolute Gasteiger partial charge is 0.491 e. The number of amides is 1. The van der Waals surface area contributed by atoms with Gasteiger partial charge in [0.15, 0.2) is 5.75 Å². The Morgan fingerprint density at radius 2 is 2.07 bits per heavy atom. The number of carbonyl (C=O) groups is 1. The lowest BCUT2D eigenvalue weighted by atomic mass is 9.97. The quantitative estimate of drug-likeness (QED) is 0.707. The SMILES string of the molecule is CCCOc1ncc(-c2cc(C)c3c(c2)CN(c2cn[nH]c2)C3=O)cc1OC. The molecule has 0 aliphatic carbocycles.